The lowest BCUT2D eigenvalue weighted by Gasteiger charge is -2.15. The molecule has 2 saturated heterocycles. The van der Waals surface area contributed by atoms with E-state index in [4.69, 9.17) is 9.31 Å². The van der Waals surface area contributed by atoms with Gasteiger partial charge in [0.25, 0.3) is 5.91 Å². The fourth-order valence-corrected chi connectivity index (χ4v) is 2.99. The Hall–Kier alpha value is -1.79. The molecule has 0 aromatic heterocycles. The summed E-state index contributed by atoms with van der Waals surface area (Å²) in [4.78, 5) is 14.6. The van der Waals surface area contributed by atoms with Gasteiger partial charge < -0.3 is 19.5 Å². The largest absolute Gasteiger partial charge is 0.563 e. The monoisotopic (exact) mass is 328 g/mol. The van der Waals surface area contributed by atoms with Crippen molar-refractivity contribution in [2.75, 3.05) is 26.2 Å². The maximum Gasteiger partial charge on any atom is 0.563 e. The van der Waals surface area contributed by atoms with Gasteiger partial charge in [-0.2, -0.15) is 0 Å². The number of nitrogens with one attached hydrogen (secondary N) is 1. The fourth-order valence-electron chi connectivity index (χ4n) is 2.99. The van der Waals surface area contributed by atoms with E-state index < -0.39 is 12.7 Å². The molecule has 2 heterocycles. The third kappa shape index (κ3) is 3.82. The van der Waals surface area contributed by atoms with Crippen molar-refractivity contribution < 1.29 is 14.1 Å². The number of nitrogens with zero attached hydrogens (tertiary/aromatic N) is 1. The first-order valence-electron chi connectivity index (χ1n) is 8.60. The van der Waals surface area contributed by atoms with Crippen molar-refractivity contribution in [1.29, 1.82) is 0 Å². The quantitative estimate of drug-likeness (QED) is 0.833. The Bertz CT molecular complexity index is 609. The second kappa shape index (κ2) is 6.99. The zero-order valence-electron chi connectivity index (χ0n) is 14.5. The lowest BCUT2D eigenvalue weighted by Crippen LogP contribution is -2.35. The summed E-state index contributed by atoms with van der Waals surface area (Å²) >= 11 is 0. The molecule has 0 bridgehead atoms. The van der Waals surface area contributed by atoms with Crippen molar-refractivity contribution in [3.05, 3.63) is 42.2 Å². The van der Waals surface area contributed by atoms with Gasteiger partial charge in [-0.15, -0.1) is 0 Å². The van der Waals surface area contributed by atoms with Crippen molar-refractivity contribution >= 4 is 18.5 Å². The van der Waals surface area contributed by atoms with E-state index in [2.05, 4.69) is 16.8 Å². The molecule has 2 fully saturated rings. The smallest absolute Gasteiger partial charge is 0.534 e. The number of benzene rings is 1. The van der Waals surface area contributed by atoms with Crippen LogP contribution in [0.25, 0.3) is 0 Å². The Morgan fingerprint density at radius 2 is 1.96 bits per heavy atom. The molecule has 0 unspecified atom stereocenters. The summed E-state index contributed by atoms with van der Waals surface area (Å²) in [6.07, 6.45) is 2.54. The van der Waals surface area contributed by atoms with Gasteiger partial charge in [0.15, 0.2) is 0 Å². The zero-order valence-corrected chi connectivity index (χ0v) is 14.5. The third-order valence-electron chi connectivity index (χ3n) is 4.68. The van der Waals surface area contributed by atoms with Gasteiger partial charge in [-0.1, -0.05) is 18.7 Å². The van der Waals surface area contributed by atoms with Gasteiger partial charge in [0.05, 0.1) is 5.76 Å². The first-order chi connectivity index (χ1) is 11.5. The number of carbonyl (C=O) groups is 1. The van der Waals surface area contributed by atoms with Gasteiger partial charge in [0.2, 0.25) is 0 Å². The highest BCUT2D eigenvalue weighted by atomic mass is 16.7. The summed E-state index contributed by atoms with van der Waals surface area (Å²) in [5.74, 6) is 0.579. The van der Waals surface area contributed by atoms with Crippen LogP contribution in [0.5, 0.6) is 0 Å². The van der Waals surface area contributed by atoms with Gasteiger partial charge in [0, 0.05) is 18.7 Å². The third-order valence-corrected chi connectivity index (χ3v) is 4.68. The van der Waals surface area contributed by atoms with Crippen molar-refractivity contribution in [2.24, 2.45) is 0 Å². The van der Waals surface area contributed by atoms with E-state index in [1.807, 2.05) is 26.0 Å². The molecule has 24 heavy (non-hydrogen) atoms. The van der Waals surface area contributed by atoms with Crippen LogP contribution in [-0.2, 0) is 9.31 Å². The summed E-state index contributed by atoms with van der Waals surface area (Å²) in [7, 11) is -0.459. The molecule has 1 aromatic carbocycles. The highest BCUT2D eigenvalue weighted by molar-refractivity contribution is 6.62. The number of hydrogen-bond donors (Lipinski definition) is 1. The maximum absolute atomic E-state index is 12.2. The number of likely N-dealkylation sites (tertiary alicyclic amines) is 1. The van der Waals surface area contributed by atoms with E-state index in [0.717, 1.165) is 25.1 Å². The van der Waals surface area contributed by atoms with Crippen LogP contribution in [0, 0.1) is 0 Å². The summed E-state index contributed by atoms with van der Waals surface area (Å²) < 4.78 is 11.5. The van der Waals surface area contributed by atoms with Crippen LogP contribution in [0.3, 0.4) is 0 Å². The van der Waals surface area contributed by atoms with Crippen molar-refractivity contribution in [3.8, 4) is 0 Å². The molecular weight excluding hydrogens is 303 g/mol. The van der Waals surface area contributed by atoms with Crippen LogP contribution in [0.4, 0.5) is 0 Å². The Balaban J connectivity index is 1.52. The van der Waals surface area contributed by atoms with E-state index >= 15 is 0 Å². The molecule has 2 aliphatic heterocycles. The molecule has 0 radical (unpaired) electrons. The second-order valence-corrected chi connectivity index (χ2v) is 6.93. The minimum atomic E-state index is -0.490. The number of amides is 1. The molecule has 0 saturated carbocycles. The topological polar surface area (TPSA) is 50.8 Å². The minimum absolute atomic E-state index is 0.0428. The van der Waals surface area contributed by atoms with E-state index in [1.54, 1.807) is 12.1 Å². The summed E-state index contributed by atoms with van der Waals surface area (Å²) in [5, 5.41) is 2.98. The van der Waals surface area contributed by atoms with Crippen molar-refractivity contribution in [2.45, 2.75) is 32.3 Å². The molecule has 3 rings (SSSR count). The first-order valence-corrected chi connectivity index (χ1v) is 8.60. The molecule has 0 atom stereocenters. The summed E-state index contributed by atoms with van der Waals surface area (Å²) in [6, 6.07) is 7.35. The van der Waals surface area contributed by atoms with E-state index in [0.29, 0.717) is 17.9 Å². The summed E-state index contributed by atoms with van der Waals surface area (Å²) in [6.45, 7) is 11.6. The molecule has 0 aliphatic carbocycles. The Kier molecular flexibility index (Phi) is 4.97. The normalized spacial score (nSPS) is 20.2. The standard InChI is InChI=1S/C18H25BN2O3/c1-14-18(2,3)24-19(23-14)16-8-6-15(7-9-16)17(22)20-10-13-21-11-4-5-12-21/h6-9H,1,4-5,10-13H2,2-3H3,(H,20,22). The molecule has 6 heteroatoms. The molecular formula is C18H25BN2O3. The Labute approximate surface area is 144 Å². The van der Waals surface area contributed by atoms with Crippen LogP contribution < -0.4 is 10.8 Å². The highest BCUT2D eigenvalue weighted by Gasteiger charge is 2.42. The molecule has 128 valence electrons. The summed E-state index contributed by atoms with van der Waals surface area (Å²) in [5.41, 5.74) is 1.04. The molecule has 2 aliphatic rings. The SMILES string of the molecule is C=C1OB(c2ccc(C(=O)NCCN3CCCC3)cc2)OC1(C)C. The number of rotatable bonds is 5. The average Bonchev–Trinajstić information content (AvgIpc) is 3.16. The molecule has 1 N–H and O–H groups in total. The molecule has 1 aromatic rings. The maximum atomic E-state index is 12.2. The van der Waals surface area contributed by atoms with Crippen LogP contribution in [0.1, 0.15) is 37.0 Å². The van der Waals surface area contributed by atoms with Crippen LogP contribution in [-0.4, -0.2) is 49.7 Å². The van der Waals surface area contributed by atoms with Crippen molar-refractivity contribution in [3.63, 3.8) is 0 Å². The predicted octanol–water partition coefficient (Wildman–Crippen LogP) is 1.55. The molecule has 0 spiro atoms. The lowest BCUT2D eigenvalue weighted by molar-refractivity contribution is 0.0949. The van der Waals surface area contributed by atoms with Gasteiger partial charge in [-0.05, 0) is 57.4 Å². The van der Waals surface area contributed by atoms with Gasteiger partial charge in [-0.25, -0.2) is 0 Å². The van der Waals surface area contributed by atoms with Crippen LogP contribution in [0.15, 0.2) is 36.6 Å². The Morgan fingerprint density at radius 1 is 1.29 bits per heavy atom. The van der Waals surface area contributed by atoms with Gasteiger partial charge >= 0.3 is 7.12 Å². The number of hydrogen-bond acceptors (Lipinski definition) is 4. The van der Waals surface area contributed by atoms with Gasteiger partial charge in [-0.3, -0.25) is 4.79 Å². The highest BCUT2D eigenvalue weighted by Crippen LogP contribution is 2.29. The zero-order chi connectivity index (χ0) is 17.2. The minimum Gasteiger partial charge on any atom is -0.534 e. The average molecular weight is 328 g/mol. The fraction of sp³-hybridized carbons (Fsp3) is 0.500. The van der Waals surface area contributed by atoms with E-state index in [9.17, 15) is 4.79 Å². The first kappa shape index (κ1) is 17.1. The number of carbonyl (C=O) groups excluding carboxylic acids is 1. The molecule has 1 amide bonds. The Morgan fingerprint density at radius 3 is 2.54 bits per heavy atom. The van der Waals surface area contributed by atoms with E-state index in [-0.39, 0.29) is 5.91 Å². The van der Waals surface area contributed by atoms with Crippen molar-refractivity contribution in [1.82, 2.24) is 10.2 Å². The van der Waals surface area contributed by atoms with Crippen LogP contribution in [0.2, 0.25) is 0 Å². The predicted molar refractivity (Wildman–Crippen MR) is 95.2 cm³/mol. The second-order valence-electron chi connectivity index (χ2n) is 6.93. The van der Waals surface area contributed by atoms with E-state index in [1.165, 1.54) is 12.8 Å². The lowest BCUT2D eigenvalue weighted by atomic mass is 9.79. The van der Waals surface area contributed by atoms with Crippen LogP contribution >= 0.6 is 0 Å². The molecule has 5 nitrogen and oxygen atoms in total. The van der Waals surface area contributed by atoms with Gasteiger partial charge in [0.1, 0.15) is 5.60 Å².